The van der Waals surface area contributed by atoms with Crippen molar-refractivity contribution in [3.05, 3.63) is 52.9 Å². The number of carbonyl (C=O) groups excluding carboxylic acids is 1. The van der Waals surface area contributed by atoms with Crippen molar-refractivity contribution in [1.29, 1.82) is 0 Å². The Bertz CT molecular complexity index is 871. The van der Waals surface area contributed by atoms with Gasteiger partial charge in [-0.15, -0.1) is 0 Å². The van der Waals surface area contributed by atoms with E-state index in [0.29, 0.717) is 23.7 Å². The number of likely N-dealkylation sites (tertiary alicyclic amines) is 1. The molecule has 1 amide bonds. The van der Waals surface area contributed by atoms with Crippen LogP contribution in [0.4, 0.5) is 8.78 Å². The van der Waals surface area contributed by atoms with E-state index in [1.54, 1.807) is 13.0 Å². The van der Waals surface area contributed by atoms with Crippen LogP contribution < -0.4 is 0 Å². The first-order valence-electron chi connectivity index (χ1n) is 9.45. The minimum atomic E-state index is -0.576. The van der Waals surface area contributed by atoms with E-state index >= 15 is 0 Å². The highest BCUT2D eigenvalue weighted by atomic mass is 19.1. The van der Waals surface area contributed by atoms with Gasteiger partial charge in [0.15, 0.2) is 0 Å². The van der Waals surface area contributed by atoms with Crippen molar-refractivity contribution >= 4 is 5.91 Å². The van der Waals surface area contributed by atoms with Crippen LogP contribution >= 0.6 is 0 Å². The molecule has 6 rings (SSSR count). The molecule has 142 valence electrons. The molecule has 2 aromatic rings. The average molecular weight is 373 g/mol. The lowest BCUT2D eigenvalue weighted by Crippen LogP contribution is -2.60. The van der Waals surface area contributed by atoms with E-state index in [1.165, 1.54) is 12.1 Å². The quantitative estimate of drug-likeness (QED) is 0.812. The van der Waals surface area contributed by atoms with Crippen LogP contribution in [-0.2, 0) is 0 Å². The fourth-order valence-electron chi connectivity index (χ4n) is 5.34. The fourth-order valence-corrected chi connectivity index (χ4v) is 5.34. The Morgan fingerprint density at radius 1 is 1.11 bits per heavy atom. The summed E-state index contributed by atoms with van der Waals surface area (Å²) in [7, 11) is 0. The standard InChI is InChI=1S/C20H21F2N3O2/c1-11-6-17(27-23-11)20(26)25-10-16(13-7-14(21)9-15(22)8-13)19-18(25)12-2-4-24(19)5-3-12/h6-9,12,16,18-19H,2-5,10H2,1H3/t16-,18+,19+/m1/s1. The number of aromatic nitrogens is 1. The number of fused-ring (bicyclic) bond motifs is 2. The molecule has 2 bridgehead atoms. The van der Waals surface area contributed by atoms with Crippen molar-refractivity contribution in [2.45, 2.75) is 37.8 Å². The van der Waals surface area contributed by atoms with Gasteiger partial charge in [-0.3, -0.25) is 9.69 Å². The zero-order chi connectivity index (χ0) is 18.7. The minimum absolute atomic E-state index is 0.0433. The predicted molar refractivity (Wildman–Crippen MR) is 93.2 cm³/mol. The molecule has 0 N–H and O–H groups in total. The van der Waals surface area contributed by atoms with Crippen molar-refractivity contribution in [2.75, 3.05) is 19.6 Å². The van der Waals surface area contributed by atoms with Crippen LogP contribution in [0.1, 0.15) is 40.6 Å². The predicted octanol–water partition coefficient (Wildman–Crippen LogP) is 2.96. The topological polar surface area (TPSA) is 49.6 Å². The Hall–Kier alpha value is -2.28. The molecule has 0 unspecified atom stereocenters. The highest BCUT2D eigenvalue weighted by Gasteiger charge is 2.55. The summed E-state index contributed by atoms with van der Waals surface area (Å²) in [6.07, 6.45) is 2.09. The summed E-state index contributed by atoms with van der Waals surface area (Å²) in [5.41, 5.74) is 1.28. The van der Waals surface area contributed by atoms with Crippen molar-refractivity contribution in [1.82, 2.24) is 15.0 Å². The number of hydrogen-bond acceptors (Lipinski definition) is 4. The first-order chi connectivity index (χ1) is 13.0. The lowest BCUT2D eigenvalue weighted by atomic mass is 9.75. The van der Waals surface area contributed by atoms with Crippen molar-refractivity contribution < 1.29 is 18.1 Å². The molecule has 4 aliphatic heterocycles. The smallest absolute Gasteiger partial charge is 0.292 e. The number of rotatable bonds is 2. The molecule has 1 aromatic carbocycles. The van der Waals surface area contributed by atoms with Crippen LogP contribution in [0.25, 0.3) is 0 Å². The molecule has 4 saturated heterocycles. The van der Waals surface area contributed by atoms with Crippen LogP contribution in [-0.4, -0.2) is 52.6 Å². The third-order valence-electron chi connectivity index (χ3n) is 6.41. The summed E-state index contributed by atoms with van der Waals surface area (Å²) in [4.78, 5) is 17.4. The van der Waals surface area contributed by atoms with Gasteiger partial charge in [-0.1, -0.05) is 5.16 Å². The highest BCUT2D eigenvalue weighted by Crippen LogP contribution is 2.47. The van der Waals surface area contributed by atoms with E-state index in [1.807, 2.05) is 4.90 Å². The normalized spacial score (nSPS) is 32.0. The van der Waals surface area contributed by atoms with Crippen LogP contribution in [0.15, 0.2) is 28.8 Å². The van der Waals surface area contributed by atoms with Crippen molar-refractivity contribution in [2.24, 2.45) is 5.92 Å². The van der Waals surface area contributed by atoms with Gasteiger partial charge in [0.25, 0.3) is 5.91 Å². The molecule has 1 aromatic heterocycles. The maximum absolute atomic E-state index is 13.9. The molecule has 0 spiro atoms. The lowest BCUT2D eigenvalue weighted by molar-refractivity contribution is -0.00454. The third kappa shape index (κ3) is 2.67. The average Bonchev–Trinajstić information content (AvgIpc) is 3.26. The number of nitrogens with zero attached hydrogens (tertiary/aromatic N) is 3. The summed E-state index contributed by atoms with van der Waals surface area (Å²) >= 11 is 0. The Labute approximate surface area is 155 Å². The van der Waals surface area contributed by atoms with Crippen LogP contribution in [0.5, 0.6) is 0 Å². The van der Waals surface area contributed by atoms with Gasteiger partial charge in [0.05, 0.1) is 11.7 Å². The number of hydrogen-bond donors (Lipinski definition) is 0. The van der Waals surface area contributed by atoms with Crippen LogP contribution in [0, 0.1) is 24.5 Å². The molecule has 7 heteroatoms. The second kappa shape index (κ2) is 6.12. The monoisotopic (exact) mass is 373 g/mol. The number of amides is 1. The van der Waals surface area contributed by atoms with Gasteiger partial charge < -0.3 is 9.42 Å². The summed E-state index contributed by atoms with van der Waals surface area (Å²) in [5.74, 6) is -0.804. The number of benzene rings is 1. The molecule has 27 heavy (non-hydrogen) atoms. The molecular formula is C20H21F2N3O2. The second-order valence-corrected chi connectivity index (χ2v) is 7.95. The summed E-state index contributed by atoms with van der Waals surface area (Å²) in [5, 5.41) is 3.83. The Balaban J connectivity index is 1.54. The first-order valence-corrected chi connectivity index (χ1v) is 9.45. The van der Waals surface area contributed by atoms with E-state index in [0.717, 1.165) is 32.0 Å². The number of piperidine rings is 3. The maximum atomic E-state index is 13.9. The Morgan fingerprint density at radius 2 is 1.81 bits per heavy atom. The SMILES string of the molecule is Cc1cc(C(=O)N2C[C@H](c3cc(F)cc(F)c3)[C@H]3[C@@H]2C2CCN3CC2)on1. The fraction of sp³-hybridized carbons (Fsp3) is 0.500. The van der Waals surface area contributed by atoms with E-state index in [4.69, 9.17) is 4.52 Å². The molecular weight excluding hydrogens is 352 g/mol. The van der Waals surface area contributed by atoms with Gasteiger partial charge in [-0.05, 0) is 56.5 Å². The molecule has 5 nitrogen and oxygen atoms in total. The number of carbonyl (C=O) groups is 1. The third-order valence-corrected chi connectivity index (χ3v) is 6.41. The van der Waals surface area contributed by atoms with E-state index in [9.17, 15) is 13.6 Å². The zero-order valence-electron chi connectivity index (χ0n) is 15.1. The zero-order valence-corrected chi connectivity index (χ0v) is 15.1. The summed E-state index contributed by atoms with van der Waals surface area (Å²) < 4.78 is 32.9. The first kappa shape index (κ1) is 16.9. The van der Waals surface area contributed by atoms with Gasteiger partial charge >= 0.3 is 0 Å². The van der Waals surface area contributed by atoms with Gasteiger partial charge in [-0.25, -0.2) is 8.78 Å². The van der Waals surface area contributed by atoms with Crippen LogP contribution in [0.2, 0.25) is 0 Å². The Kier molecular flexibility index (Phi) is 3.82. The number of halogens is 2. The van der Waals surface area contributed by atoms with Gasteiger partial charge in [0, 0.05) is 30.6 Å². The van der Waals surface area contributed by atoms with E-state index < -0.39 is 11.6 Å². The Morgan fingerprint density at radius 3 is 2.44 bits per heavy atom. The van der Waals surface area contributed by atoms with E-state index in [2.05, 4.69) is 10.1 Å². The van der Waals surface area contributed by atoms with E-state index in [-0.39, 0.29) is 29.7 Å². The molecule has 0 radical (unpaired) electrons. The lowest BCUT2D eigenvalue weighted by Gasteiger charge is -2.51. The number of aryl methyl sites for hydroxylation is 1. The van der Waals surface area contributed by atoms with Crippen LogP contribution in [0.3, 0.4) is 0 Å². The van der Waals surface area contributed by atoms with Gasteiger partial charge in [0.1, 0.15) is 11.6 Å². The van der Waals surface area contributed by atoms with Crippen molar-refractivity contribution in [3.8, 4) is 0 Å². The molecule has 4 fully saturated rings. The molecule has 3 atom stereocenters. The summed E-state index contributed by atoms with van der Waals surface area (Å²) in [6.45, 7) is 4.16. The molecule has 0 aliphatic carbocycles. The molecule has 5 heterocycles. The van der Waals surface area contributed by atoms with Gasteiger partial charge in [-0.2, -0.15) is 0 Å². The minimum Gasteiger partial charge on any atom is -0.351 e. The maximum Gasteiger partial charge on any atom is 0.292 e. The second-order valence-electron chi connectivity index (χ2n) is 7.95. The van der Waals surface area contributed by atoms with Gasteiger partial charge in [0.2, 0.25) is 5.76 Å². The molecule has 4 aliphatic rings. The summed E-state index contributed by atoms with van der Waals surface area (Å²) in [6, 6.07) is 5.48. The molecule has 0 saturated carbocycles. The van der Waals surface area contributed by atoms with Crippen molar-refractivity contribution in [3.63, 3.8) is 0 Å². The highest BCUT2D eigenvalue weighted by molar-refractivity contribution is 5.92. The largest absolute Gasteiger partial charge is 0.351 e.